The zero-order valence-electron chi connectivity index (χ0n) is 14.1. The lowest BCUT2D eigenvalue weighted by molar-refractivity contribution is 0.185. The Kier molecular flexibility index (Phi) is 10.5. The molecule has 0 saturated carbocycles. The molecule has 0 aromatic carbocycles. The highest BCUT2D eigenvalue weighted by molar-refractivity contribution is 5.79. The van der Waals surface area contributed by atoms with Crippen molar-refractivity contribution in [3.63, 3.8) is 0 Å². The Morgan fingerprint density at radius 2 is 1.60 bits per heavy atom. The van der Waals surface area contributed by atoms with Gasteiger partial charge in [-0.1, -0.05) is 27.7 Å². The summed E-state index contributed by atoms with van der Waals surface area (Å²) in [5.74, 6) is 7.79. The Morgan fingerprint density at radius 1 is 1.10 bits per heavy atom. The lowest BCUT2D eigenvalue weighted by atomic mass is 10.1. The summed E-state index contributed by atoms with van der Waals surface area (Å²) in [4.78, 5) is 6.88. The van der Waals surface area contributed by atoms with E-state index in [0.717, 1.165) is 31.9 Å². The van der Waals surface area contributed by atoms with E-state index in [-0.39, 0.29) is 6.04 Å². The molecular weight excluding hydrogens is 252 g/mol. The predicted octanol–water partition coefficient (Wildman–Crippen LogP) is 2.23. The number of hydrazine groups is 1. The molecule has 3 N–H and O–H groups in total. The van der Waals surface area contributed by atoms with Crippen molar-refractivity contribution in [2.24, 2.45) is 22.7 Å². The van der Waals surface area contributed by atoms with Gasteiger partial charge in [0.1, 0.15) is 0 Å². The summed E-state index contributed by atoms with van der Waals surface area (Å²) in [7, 11) is 1.69. The van der Waals surface area contributed by atoms with E-state index in [1.54, 1.807) is 7.11 Å². The van der Waals surface area contributed by atoms with Crippen LogP contribution in [0.15, 0.2) is 4.99 Å². The van der Waals surface area contributed by atoms with Gasteiger partial charge < -0.3 is 9.64 Å². The van der Waals surface area contributed by atoms with Crippen molar-refractivity contribution >= 4 is 5.96 Å². The third-order valence-electron chi connectivity index (χ3n) is 3.13. The van der Waals surface area contributed by atoms with Crippen LogP contribution in [0, 0.1) is 11.8 Å². The first-order chi connectivity index (χ1) is 9.40. The summed E-state index contributed by atoms with van der Waals surface area (Å²) in [5.41, 5.74) is 2.76. The molecule has 0 aliphatic rings. The maximum Gasteiger partial charge on any atom is 0.208 e. The van der Waals surface area contributed by atoms with Crippen LogP contribution < -0.4 is 11.3 Å². The number of rotatable bonds is 9. The van der Waals surface area contributed by atoms with Gasteiger partial charge in [0.25, 0.3) is 0 Å². The van der Waals surface area contributed by atoms with Crippen LogP contribution in [0.3, 0.4) is 0 Å². The molecule has 0 aromatic heterocycles. The molecule has 1 unspecified atom stereocenters. The van der Waals surface area contributed by atoms with Gasteiger partial charge >= 0.3 is 0 Å². The van der Waals surface area contributed by atoms with Crippen LogP contribution in [0.5, 0.6) is 0 Å². The molecule has 5 nitrogen and oxygen atoms in total. The summed E-state index contributed by atoms with van der Waals surface area (Å²) >= 11 is 0. The van der Waals surface area contributed by atoms with Crippen LogP contribution in [0.1, 0.15) is 47.5 Å². The maximum atomic E-state index is 5.67. The Bertz CT molecular complexity index is 255. The Hall–Kier alpha value is -0.810. The van der Waals surface area contributed by atoms with Crippen molar-refractivity contribution in [3.05, 3.63) is 0 Å². The molecule has 0 bridgehead atoms. The number of nitrogens with zero attached hydrogens (tertiary/aromatic N) is 2. The van der Waals surface area contributed by atoms with Gasteiger partial charge in [0, 0.05) is 20.2 Å². The van der Waals surface area contributed by atoms with Crippen LogP contribution in [-0.2, 0) is 4.74 Å². The first-order valence-corrected chi connectivity index (χ1v) is 7.68. The molecule has 0 radical (unpaired) electrons. The third kappa shape index (κ3) is 9.15. The number of ether oxygens (including phenoxy) is 1. The molecule has 0 spiro atoms. The minimum absolute atomic E-state index is 0.103. The molecule has 0 rings (SSSR count). The molecule has 120 valence electrons. The lowest BCUT2D eigenvalue weighted by Gasteiger charge is -2.28. The first-order valence-electron chi connectivity index (χ1n) is 7.68. The van der Waals surface area contributed by atoms with Gasteiger partial charge in [-0.3, -0.25) is 5.43 Å². The molecule has 0 aromatic rings. The quantitative estimate of drug-likeness (QED) is 0.295. The summed E-state index contributed by atoms with van der Waals surface area (Å²) in [6, 6.07) is 0.103. The van der Waals surface area contributed by atoms with E-state index in [0.29, 0.717) is 18.4 Å². The molecule has 0 aliphatic carbocycles. The van der Waals surface area contributed by atoms with E-state index in [2.05, 4.69) is 43.0 Å². The number of guanidine groups is 1. The fourth-order valence-electron chi connectivity index (χ4n) is 1.85. The Balaban J connectivity index is 4.73. The van der Waals surface area contributed by atoms with Crippen LogP contribution in [0.2, 0.25) is 0 Å². The molecule has 0 fully saturated rings. The highest BCUT2D eigenvalue weighted by atomic mass is 16.5. The van der Waals surface area contributed by atoms with Crippen molar-refractivity contribution in [1.82, 2.24) is 10.3 Å². The first kappa shape index (κ1) is 19.2. The smallest absolute Gasteiger partial charge is 0.208 e. The molecule has 1 atom stereocenters. The second kappa shape index (κ2) is 10.9. The molecule has 5 heteroatoms. The van der Waals surface area contributed by atoms with Crippen LogP contribution >= 0.6 is 0 Å². The fraction of sp³-hybridized carbons (Fsp3) is 0.933. The van der Waals surface area contributed by atoms with Crippen molar-refractivity contribution in [3.8, 4) is 0 Å². The average Bonchev–Trinajstić information content (AvgIpc) is 2.36. The molecule has 20 heavy (non-hydrogen) atoms. The Morgan fingerprint density at radius 3 is 1.95 bits per heavy atom. The van der Waals surface area contributed by atoms with E-state index >= 15 is 0 Å². The van der Waals surface area contributed by atoms with E-state index in [1.807, 2.05) is 6.92 Å². The minimum atomic E-state index is 0.103. The van der Waals surface area contributed by atoms with Crippen LogP contribution in [0.4, 0.5) is 0 Å². The highest BCUT2D eigenvalue weighted by Gasteiger charge is 2.13. The number of hydrogen-bond acceptors (Lipinski definition) is 3. The summed E-state index contributed by atoms with van der Waals surface area (Å²) in [6.07, 6.45) is 2.27. The van der Waals surface area contributed by atoms with E-state index in [4.69, 9.17) is 10.6 Å². The molecule has 0 amide bonds. The Labute approximate surface area is 124 Å². The van der Waals surface area contributed by atoms with Crippen LogP contribution in [-0.4, -0.2) is 43.7 Å². The zero-order chi connectivity index (χ0) is 15.5. The topological polar surface area (TPSA) is 62.9 Å². The summed E-state index contributed by atoms with van der Waals surface area (Å²) < 4.78 is 5.13. The number of methoxy groups -OCH3 is 1. The highest BCUT2D eigenvalue weighted by Crippen LogP contribution is 2.07. The van der Waals surface area contributed by atoms with Gasteiger partial charge in [-0.25, -0.2) is 10.8 Å². The monoisotopic (exact) mass is 286 g/mol. The van der Waals surface area contributed by atoms with Crippen molar-refractivity contribution < 1.29 is 4.74 Å². The van der Waals surface area contributed by atoms with Gasteiger partial charge in [0.15, 0.2) is 0 Å². The number of nitrogens with two attached hydrogens (primary N) is 1. The average molecular weight is 286 g/mol. The fourth-order valence-corrected chi connectivity index (χ4v) is 1.85. The van der Waals surface area contributed by atoms with Gasteiger partial charge in [0.2, 0.25) is 5.96 Å². The van der Waals surface area contributed by atoms with Gasteiger partial charge in [-0.05, 0) is 31.6 Å². The van der Waals surface area contributed by atoms with E-state index < -0.39 is 0 Å². The second-order valence-corrected chi connectivity index (χ2v) is 6.25. The van der Waals surface area contributed by atoms with Crippen molar-refractivity contribution in [2.75, 3.05) is 26.8 Å². The third-order valence-corrected chi connectivity index (χ3v) is 3.13. The van der Waals surface area contributed by atoms with Crippen molar-refractivity contribution in [1.29, 1.82) is 0 Å². The second-order valence-electron chi connectivity index (χ2n) is 6.25. The zero-order valence-corrected chi connectivity index (χ0v) is 14.1. The van der Waals surface area contributed by atoms with Gasteiger partial charge in [-0.2, -0.15) is 0 Å². The normalized spacial score (nSPS) is 13.9. The van der Waals surface area contributed by atoms with E-state index in [9.17, 15) is 0 Å². The summed E-state index contributed by atoms with van der Waals surface area (Å²) in [6.45, 7) is 13.5. The molecule has 0 aliphatic heterocycles. The summed E-state index contributed by atoms with van der Waals surface area (Å²) in [5, 5.41) is 0. The predicted molar refractivity (Wildman–Crippen MR) is 86.6 cm³/mol. The number of aliphatic imine (C=N–C) groups is 1. The molecular formula is C15H34N4O. The largest absolute Gasteiger partial charge is 0.382 e. The minimum Gasteiger partial charge on any atom is -0.382 e. The van der Waals surface area contributed by atoms with Gasteiger partial charge in [0.05, 0.1) is 12.6 Å². The van der Waals surface area contributed by atoms with Gasteiger partial charge in [-0.15, -0.1) is 0 Å². The van der Waals surface area contributed by atoms with E-state index in [1.165, 1.54) is 0 Å². The SMILES string of the molecule is COCC(C)N=C(NN)N(CCC(C)C)CCC(C)C. The van der Waals surface area contributed by atoms with Crippen molar-refractivity contribution in [2.45, 2.75) is 53.5 Å². The molecule has 0 heterocycles. The standard InChI is InChI=1S/C15H34N4O/c1-12(2)7-9-19(10-8-13(3)4)15(18-16)17-14(5)11-20-6/h12-14H,7-11,16H2,1-6H3,(H,17,18). The maximum absolute atomic E-state index is 5.67. The lowest BCUT2D eigenvalue weighted by Crippen LogP contribution is -2.47. The number of nitrogens with one attached hydrogen (secondary N) is 1. The molecule has 0 saturated heterocycles. The van der Waals surface area contributed by atoms with Crippen LogP contribution in [0.25, 0.3) is 0 Å². The number of hydrogen-bond donors (Lipinski definition) is 2.